The van der Waals surface area contributed by atoms with Gasteiger partial charge in [-0.05, 0) is 44.9 Å². The maximum atomic E-state index is 13.2. The minimum atomic E-state index is -3.88. The van der Waals surface area contributed by atoms with Gasteiger partial charge in [-0.1, -0.05) is 30.9 Å². The molecule has 32 heavy (non-hydrogen) atoms. The minimum Gasteiger partial charge on any atom is -0.373 e. The molecule has 2 aliphatic rings. The van der Waals surface area contributed by atoms with E-state index in [9.17, 15) is 18.0 Å². The summed E-state index contributed by atoms with van der Waals surface area (Å²) in [7, 11) is -3.88. The molecule has 0 spiro atoms. The van der Waals surface area contributed by atoms with Gasteiger partial charge in [0.2, 0.25) is 15.9 Å². The summed E-state index contributed by atoms with van der Waals surface area (Å²) in [5.41, 5.74) is 0.195. The maximum absolute atomic E-state index is 13.2. The van der Waals surface area contributed by atoms with Crippen molar-refractivity contribution >= 4 is 33.4 Å². The summed E-state index contributed by atoms with van der Waals surface area (Å²) < 4.78 is 33.3. The van der Waals surface area contributed by atoms with Gasteiger partial charge in [0.1, 0.15) is 4.90 Å². The molecule has 0 radical (unpaired) electrons. The molecule has 178 valence electrons. The predicted octanol–water partition coefficient (Wildman–Crippen LogP) is 2.56. The van der Waals surface area contributed by atoms with Crippen molar-refractivity contribution in [2.24, 2.45) is 5.92 Å². The molecule has 1 saturated carbocycles. The number of sulfonamides is 1. The van der Waals surface area contributed by atoms with E-state index >= 15 is 0 Å². The molecule has 1 aromatic carbocycles. The normalized spacial score (nSPS) is 23.0. The van der Waals surface area contributed by atoms with Crippen LogP contribution in [0.15, 0.2) is 23.1 Å². The zero-order valence-corrected chi connectivity index (χ0v) is 20.2. The van der Waals surface area contributed by atoms with Crippen LogP contribution in [0.1, 0.15) is 56.3 Å². The van der Waals surface area contributed by atoms with Crippen LogP contribution in [0.4, 0.5) is 0 Å². The summed E-state index contributed by atoms with van der Waals surface area (Å²) in [6.45, 7) is 4.65. The van der Waals surface area contributed by atoms with Crippen molar-refractivity contribution in [1.29, 1.82) is 0 Å². The van der Waals surface area contributed by atoms with Crippen LogP contribution in [-0.2, 0) is 19.6 Å². The largest absolute Gasteiger partial charge is 0.373 e. The van der Waals surface area contributed by atoms with E-state index in [0.717, 1.165) is 25.7 Å². The average Bonchev–Trinajstić information content (AvgIpc) is 2.76. The number of nitrogens with zero attached hydrogens (tertiary/aromatic N) is 1. The number of benzene rings is 1. The second-order valence-corrected chi connectivity index (χ2v) is 10.9. The summed E-state index contributed by atoms with van der Waals surface area (Å²) >= 11 is 6.20. The summed E-state index contributed by atoms with van der Waals surface area (Å²) in [4.78, 5) is 24.7. The van der Waals surface area contributed by atoms with Crippen LogP contribution in [0.2, 0.25) is 5.02 Å². The highest BCUT2D eigenvalue weighted by molar-refractivity contribution is 7.89. The first-order valence-corrected chi connectivity index (χ1v) is 13.0. The van der Waals surface area contributed by atoms with E-state index in [1.54, 1.807) is 0 Å². The van der Waals surface area contributed by atoms with Crippen molar-refractivity contribution in [3.63, 3.8) is 0 Å². The van der Waals surface area contributed by atoms with Crippen LogP contribution < -0.4 is 10.6 Å². The second-order valence-electron chi connectivity index (χ2n) is 8.61. The van der Waals surface area contributed by atoms with Gasteiger partial charge in [0.05, 0.1) is 17.2 Å². The lowest BCUT2D eigenvalue weighted by Gasteiger charge is -2.34. The van der Waals surface area contributed by atoms with Crippen LogP contribution >= 0.6 is 11.6 Å². The predicted molar refractivity (Wildman–Crippen MR) is 122 cm³/mol. The van der Waals surface area contributed by atoms with Gasteiger partial charge in [-0.25, -0.2) is 8.42 Å². The van der Waals surface area contributed by atoms with Gasteiger partial charge in [0.25, 0.3) is 5.91 Å². The summed E-state index contributed by atoms with van der Waals surface area (Å²) in [6, 6.07) is 4.21. The first-order valence-electron chi connectivity index (χ1n) is 11.2. The van der Waals surface area contributed by atoms with Crippen molar-refractivity contribution in [1.82, 2.24) is 14.9 Å². The number of carbonyl (C=O) groups excluding carboxylic acids is 2. The number of carbonyl (C=O) groups is 2. The molecule has 2 amide bonds. The Balaban J connectivity index is 1.59. The van der Waals surface area contributed by atoms with E-state index in [1.807, 2.05) is 13.8 Å². The van der Waals surface area contributed by atoms with Crippen LogP contribution in [0, 0.1) is 5.92 Å². The first-order chi connectivity index (χ1) is 15.2. The highest BCUT2D eigenvalue weighted by Gasteiger charge is 2.34. The molecule has 2 fully saturated rings. The first kappa shape index (κ1) is 25.0. The Morgan fingerprint density at radius 1 is 1.06 bits per heavy atom. The highest BCUT2D eigenvalue weighted by Crippen LogP contribution is 2.28. The van der Waals surface area contributed by atoms with Gasteiger partial charge >= 0.3 is 0 Å². The SMILES string of the molecule is CC1CN(S(=O)(=O)c2cc(C(=O)NCCNC(=O)C3CCCCC3)ccc2Cl)CC(C)O1. The number of rotatable bonds is 7. The molecule has 2 unspecified atom stereocenters. The van der Waals surface area contributed by atoms with E-state index in [2.05, 4.69) is 10.6 Å². The molecule has 3 rings (SSSR count). The molecule has 10 heteroatoms. The number of ether oxygens (including phenoxy) is 1. The molecule has 0 aromatic heterocycles. The highest BCUT2D eigenvalue weighted by atomic mass is 35.5. The van der Waals surface area contributed by atoms with Crippen molar-refractivity contribution in [2.45, 2.75) is 63.1 Å². The smallest absolute Gasteiger partial charge is 0.251 e. The molecule has 1 aromatic rings. The zero-order chi connectivity index (χ0) is 23.3. The van der Waals surface area contributed by atoms with Crippen molar-refractivity contribution in [3.05, 3.63) is 28.8 Å². The summed E-state index contributed by atoms with van der Waals surface area (Å²) in [6.07, 6.45) is 4.72. The third-order valence-corrected chi connectivity index (χ3v) is 8.20. The van der Waals surface area contributed by atoms with Gasteiger partial charge in [0.15, 0.2) is 0 Å². The van der Waals surface area contributed by atoms with Gasteiger partial charge in [0, 0.05) is 37.7 Å². The molecular weight excluding hydrogens is 454 g/mol. The van der Waals surface area contributed by atoms with E-state index in [1.165, 1.54) is 28.9 Å². The zero-order valence-electron chi connectivity index (χ0n) is 18.6. The van der Waals surface area contributed by atoms with Crippen LogP contribution in [-0.4, -0.2) is 62.9 Å². The maximum Gasteiger partial charge on any atom is 0.251 e. The number of halogens is 1. The lowest BCUT2D eigenvalue weighted by atomic mass is 9.89. The van der Waals surface area contributed by atoms with Crippen molar-refractivity contribution in [3.8, 4) is 0 Å². The lowest BCUT2D eigenvalue weighted by Crippen LogP contribution is -2.48. The summed E-state index contributed by atoms with van der Waals surface area (Å²) in [5, 5.41) is 5.65. The standard InChI is InChI=1S/C22H32ClN3O5S/c1-15-13-26(14-16(2)31-15)32(29,30)20-12-18(8-9-19(20)23)22(28)25-11-10-24-21(27)17-6-4-3-5-7-17/h8-9,12,15-17H,3-7,10-11,13-14H2,1-2H3,(H,24,27)(H,25,28). The number of morpholine rings is 1. The van der Waals surface area contributed by atoms with Crippen LogP contribution in [0.3, 0.4) is 0 Å². The Hall–Kier alpha value is -1.68. The fraction of sp³-hybridized carbons (Fsp3) is 0.636. The second kappa shape index (κ2) is 11.0. The van der Waals surface area contributed by atoms with Gasteiger partial charge < -0.3 is 15.4 Å². The molecule has 1 aliphatic carbocycles. The lowest BCUT2D eigenvalue weighted by molar-refractivity contribution is -0.125. The summed E-state index contributed by atoms with van der Waals surface area (Å²) in [5.74, 6) is -0.323. The number of nitrogens with one attached hydrogen (secondary N) is 2. The molecule has 1 heterocycles. The fourth-order valence-electron chi connectivity index (χ4n) is 4.28. The molecule has 0 bridgehead atoms. The van der Waals surface area contributed by atoms with Crippen molar-refractivity contribution in [2.75, 3.05) is 26.2 Å². The fourth-order valence-corrected chi connectivity index (χ4v) is 6.37. The van der Waals surface area contributed by atoms with E-state index in [0.29, 0.717) is 6.54 Å². The molecule has 1 aliphatic heterocycles. The molecule has 8 nitrogen and oxygen atoms in total. The number of hydrogen-bond acceptors (Lipinski definition) is 5. The Bertz CT molecular complexity index is 923. The third kappa shape index (κ3) is 6.21. The van der Waals surface area contributed by atoms with Gasteiger partial charge in [-0.15, -0.1) is 0 Å². The van der Waals surface area contributed by atoms with E-state index < -0.39 is 15.9 Å². The quantitative estimate of drug-likeness (QED) is 0.577. The van der Waals surface area contributed by atoms with Crippen LogP contribution in [0.5, 0.6) is 0 Å². The van der Waals surface area contributed by atoms with Crippen molar-refractivity contribution < 1.29 is 22.7 Å². The molecule has 2 N–H and O–H groups in total. The number of amides is 2. The van der Waals surface area contributed by atoms with Gasteiger partial charge in [-0.3, -0.25) is 9.59 Å². The Morgan fingerprint density at radius 3 is 2.34 bits per heavy atom. The number of hydrogen-bond donors (Lipinski definition) is 2. The van der Waals surface area contributed by atoms with Crippen LogP contribution in [0.25, 0.3) is 0 Å². The van der Waals surface area contributed by atoms with Gasteiger partial charge in [-0.2, -0.15) is 4.31 Å². The molecular formula is C22H32ClN3O5S. The topological polar surface area (TPSA) is 105 Å². The van der Waals surface area contributed by atoms with E-state index in [4.69, 9.17) is 16.3 Å². The minimum absolute atomic E-state index is 0.0350. The molecule has 1 saturated heterocycles. The molecule has 2 atom stereocenters. The monoisotopic (exact) mass is 485 g/mol. The average molecular weight is 486 g/mol. The Morgan fingerprint density at radius 2 is 1.69 bits per heavy atom. The third-order valence-electron chi connectivity index (χ3n) is 5.88. The Kier molecular flexibility index (Phi) is 8.55. The Labute approximate surface area is 195 Å². The van der Waals surface area contributed by atoms with E-state index in [-0.39, 0.29) is 59.1 Å².